The van der Waals surface area contributed by atoms with Crippen LogP contribution in [0.25, 0.3) is 43.1 Å². The van der Waals surface area contributed by atoms with Gasteiger partial charge < -0.3 is 47.7 Å². The normalized spacial score (nSPS) is 19.3. The van der Waals surface area contributed by atoms with Crippen molar-refractivity contribution in [2.75, 3.05) is 52.6 Å². The molecule has 6 unspecified atom stereocenters. The average Bonchev–Trinajstić information content (AvgIpc) is 1.62. The predicted octanol–water partition coefficient (Wildman–Crippen LogP) is 13.2. The van der Waals surface area contributed by atoms with Crippen LogP contribution in [0.2, 0.25) is 0 Å². The second-order valence-electron chi connectivity index (χ2n) is 25.3. The molecule has 4 fully saturated rings. The van der Waals surface area contributed by atoms with E-state index in [1.807, 2.05) is 27.7 Å². The minimum absolute atomic E-state index is 0.00391. The lowest BCUT2D eigenvalue weighted by atomic mass is 9.80. The number of fused-ring (bicyclic) bond motifs is 2. The Kier molecular flexibility index (Phi) is 15.2. The lowest BCUT2D eigenvalue weighted by Crippen LogP contribution is -2.57. The molecule has 6 aliphatic heterocycles. The number of rotatable bonds is 22. The van der Waals surface area contributed by atoms with Gasteiger partial charge in [0.1, 0.15) is 58.1 Å². The molecule has 4 saturated heterocycles. The fourth-order valence-corrected chi connectivity index (χ4v) is 13.0. The van der Waals surface area contributed by atoms with Crippen molar-refractivity contribution < 1.29 is 93.0 Å². The molecule has 0 saturated carbocycles. The molecule has 0 bridgehead atoms. The van der Waals surface area contributed by atoms with Crippen LogP contribution in [0.5, 0.6) is 46.0 Å². The average molecular weight is 1320 g/mol. The van der Waals surface area contributed by atoms with Crippen LogP contribution in [0, 0.1) is 27.7 Å². The molecule has 6 atom stereocenters. The van der Waals surface area contributed by atoms with Gasteiger partial charge in [-0.3, -0.25) is 38.6 Å². The molecule has 9 aromatic carbocycles. The van der Waals surface area contributed by atoms with Gasteiger partial charge >= 0.3 is 12.4 Å². The molecule has 0 spiro atoms. The Morgan fingerprint density at radius 3 is 0.812 bits per heavy atom. The third-order valence-corrected chi connectivity index (χ3v) is 17.9. The summed E-state index contributed by atoms with van der Waals surface area (Å²) in [5, 5.41) is -0.329. The van der Waals surface area contributed by atoms with Crippen molar-refractivity contribution in [2.24, 2.45) is 0 Å². The van der Waals surface area contributed by atoms with Crippen molar-refractivity contribution >= 4 is 78.5 Å². The summed E-state index contributed by atoms with van der Waals surface area (Å²) in [5.41, 5.74) is 1.61. The molecule has 9 aromatic rings. The fraction of sp³-hybridized carbons (Fsp3) is 0.306. The molecular weight excluding hydrogens is 1260 g/mol. The lowest BCUT2D eigenvalue weighted by molar-refractivity contribution is -0.159. The SMILES string of the molecule is Cc1ccc(Oc2cc3c4c(cc(Oc5ccc(C)cc5)c5c6c(Oc7ccc(C)cc7)cc7c8c(cc(Oc9ccc(C)cc9)c(c2c45)c86)C(=O)N(C(CC(F)(F)F)C(=O)N(CC2CO2)CC2CO2)C7=O)C(=O)N(C(CC(F)(F)F)C(=O)N(CC2CO2)CC2CO2)C3=O)cc1. The van der Waals surface area contributed by atoms with Gasteiger partial charge in [-0.1, -0.05) is 70.8 Å². The first-order chi connectivity index (χ1) is 45.9. The number of carbonyl (C=O) groups is 6. The number of halogens is 6. The highest BCUT2D eigenvalue weighted by atomic mass is 19.4. The van der Waals surface area contributed by atoms with E-state index in [9.17, 15) is 0 Å². The molecule has 0 aliphatic carbocycles. The molecular formula is C72H58F6N4O14. The van der Waals surface area contributed by atoms with Gasteiger partial charge in [0.15, 0.2) is 0 Å². The topological polar surface area (TPSA) is 202 Å². The molecule has 18 nitrogen and oxygen atoms in total. The number of amides is 6. The van der Waals surface area contributed by atoms with Crippen LogP contribution in [-0.2, 0) is 28.5 Å². The summed E-state index contributed by atoms with van der Waals surface area (Å²) >= 11 is 0. The van der Waals surface area contributed by atoms with Gasteiger partial charge in [-0.05, 0) is 100 Å². The molecule has 0 N–H and O–H groups in total. The molecule has 492 valence electrons. The maximum Gasteiger partial charge on any atom is 0.391 e. The number of nitrogens with zero attached hydrogens (tertiary/aromatic N) is 4. The van der Waals surface area contributed by atoms with E-state index in [1.54, 1.807) is 97.1 Å². The zero-order valence-corrected chi connectivity index (χ0v) is 51.9. The summed E-state index contributed by atoms with van der Waals surface area (Å²) in [7, 11) is 0. The van der Waals surface area contributed by atoms with Crippen molar-refractivity contribution in [2.45, 2.75) is 89.4 Å². The second-order valence-corrected chi connectivity index (χ2v) is 25.3. The van der Waals surface area contributed by atoms with Gasteiger partial charge in [0, 0.05) is 69.3 Å². The van der Waals surface area contributed by atoms with Crippen molar-refractivity contribution in [1.29, 1.82) is 0 Å². The Hall–Kier alpha value is -9.88. The maximum atomic E-state index is 16.0. The van der Waals surface area contributed by atoms with Crippen LogP contribution >= 0.6 is 0 Å². The first kappa shape index (κ1) is 62.2. The van der Waals surface area contributed by atoms with Gasteiger partial charge in [0.2, 0.25) is 11.8 Å². The van der Waals surface area contributed by atoms with E-state index in [4.69, 9.17) is 37.9 Å². The Balaban J connectivity index is 1.07. The van der Waals surface area contributed by atoms with E-state index in [-0.39, 0.29) is 142 Å². The second kappa shape index (κ2) is 23.5. The minimum atomic E-state index is -5.14. The Morgan fingerprint density at radius 2 is 0.615 bits per heavy atom. The minimum Gasteiger partial charge on any atom is -0.457 e. The van der Waals surface area contributed by atoms with Crippen LogP contribution in [-0.4, -0.2) is 157 Å². The fourth-order valence-electron chi connectivity index (χ4n) is 13.0. The Bertz CT molecular complexity index is 4150. The summed E-state index contributed by atoms with van der Waals surface area (Å²) in [6.07, 6.45) is -16.3. The van der Waals surface area contributed by atoms with Crippen molar-refractivity contribution in [3.8, 4) is 46.0 Å². The Morgan fingerprint density at radius 1 is 0.396 bits per heavy atom. The highest BCUT2D eigenvalue weighted by molar-refractivity contribution is 6.45. The van der Waals surface area contributed by atoms with Gasteiger partial charge in [0.25, 0.3) is 23.6 Å². The molecule has 24 heteroatoms. The number of ether oxygens (including phenoxy) is 8. The number of aryl methyl sites for hydroxylation is 4. The Labute approximate surface area is 542 Å². The van der Waals surface area contributed by atoms with Crippen molar-refractivity contribution in [3.05, 3.63) is 166 Å². The molecule has 0 aromatic heterocycles. The lowest BCUT2D eigenvalue weighted by Gasteiger charge is -2.37. The monoisotopic (exact) mass is 1320 g/mol. The number of hydrogen-bond donors (Lipinski definition) is 0. The smallest absolute Gasteiger partial charge is 0.391 e. The van der Waals surface area contributed by atoms with E-state index in [1.165, 1.54) is 24.3 Å². The van der Waals surface area contributed by atoms with Crippen LogP contribution in [0.4, 0.5) is 26.3 Å². The van der Waals surface area contributed by atoms with Gasteiger partial charge in [-0.15, -0.1) is 0 Å². The van der Waals surface area contributed by atoms with E-state index in [0.717, 1.165) is 32.1 Å². The van der Waals surface area contributed by atoms with E-state index < -0.39 is 119 Å². The van der Waals surface area contributed by atoms with Crippen LogP contribution in [0.15, 0.2) is 121 Å². The molecule has 6 amide bonds. The first-order valence-corrected chi connectivity index (χ1v) is 31.2. The molecule has 15 rings (SSSR count). The van der Waals surface area contributed by atoms with Gasteiger partial charge in [-0.25, -0.2) is 0 Å². The first-order valence-electron chi connectivity index (χ1n) is 31.2. The predicted molar refractivity (Wildman–Crippen MR) is 335 cm³/mol. The third kappa shape index (κ3) is 12.0. The third-order valence-electron chi connectivity index (χ3n) is 17.9. The standard InChI is InChI=1S/C72H58F6N4O14/c1-35-5-13-39(14-6-35)93-53-21-47-57-48(66(84)81(65(47)83)51(25-71(73,74)75)69(87)79(27-43-31-89-43)28-44-32-90-44)23-55(95-41-17-9-37(3)10-18-41)61-62-56(96-42-19-11-38(4)12-20-42)24-50-58-49(22-54(60(64(58)62)59(53)63(57)61)94-40-15-7-36(2)8-16-40)67(85)82(68(50)86)52(26-72(76,77)78)70(88)80(29-45-33-91-45)30-46-34-92-46/h5-24,43-46,51-52H,25-34H2,1-4H3. The summed E-state index contributed by atoms with van der Waals surface area (Å²) < 4.78 is 141. The zero-order chi connectivity index (χ0) is 67.0. The number of imide groups is 2. The molecule has 6 aliphatic rings. The van der Waals surface area contributed by atoms with E-state index >= 15 is 55.1 Å². The molecule has 0 radical (unpaired) electrons. The summed E-state index contributed by atoms with van der Waals surface area (Å²) in [6.45, 7) is 7.51. The maximum absolute atomic E-state index is 16.0. The highest BCUT2D eigenvalue weighted by Crippen LogP contribution is 2.58. The highest BCUT2D eigenvalue weighted by Gasteiger charge is 2.52. The van der Waals surface area contributed by atoms with Gasteiger partial charge in [-0.2, -0.15) is 26.3 Å². The largest absolute Gasteiger partial charge is 0.457 e. The van der Waals surface area contributed by atoms with Gasteiger partial charge in [0.05, 0.1) is 85.9 Å². The molecule has 6 heterocycles. The molecule has 96 heavy (non-hydrogen) atoms. The number of benzene rings is 9. The van der Waals surface area contributed by atoms with E-state index in [2.05, 4.69) is 0 Å². The number of alkyl halides is 6. The van der Waals surface area contributed by atoms with Crippen LogP contribution < -0.4 is 18.9 Å². The van der Waals surface area contributed by atoms with Crippen LogP contribution in [0.1, 0.15) is 76.5 Å². The number of carbonyl (C=O) groups excluding carboxylic acids is 6. The van der Waals surface area contributed by atoms with Crippen molar-refractivity contribution in [3.63, 3.8) is 0 Å². The van der Waals surface area contributed by atoms with Crippen LogP contribution in [0.3, 0.4) is 0 Å². The summed E-state index contributed by atoms with van der Waals surface area (Å²) in [5.74, 6) is -7.91. The number of epoxide rings is 4. The van der Waals surface area contributed by atoms with Crippen molar-refractivity contribution in [1.82, 2.24) is 19.6 Å². The quantitative estimate of drug-likeness (QED) is 0.0204. The number of hydrogen-bond acceptors (Lipinski definition) is 14. The zero-order valence-electron chi connectivity index (χ0n) is 51.9. The summed E-state index contributed by atoms with van der Waals surface area (Å²) in [4.78, 5) is 97.0. The summed E-state index contributed by atoms with van der Waals surface area (Å²) in [6, 6.07) is 26.7. The van der Waals surface area contributed by atoms with E-state index in [0.29, 0.717) is 9.80 Å².